The second-order valence-corrected chi connectivity index (χ2v) is 6.35. The van der Waals surface area contributed by atoms with Crippen LogP contribution in [0, 0.1) is 6.92 Å². The minimum absolute atomic E-state index is 0.279. The van der Waals surface area contributed by atoms with Crippen molar-refractivity contribution in [1.29, 1.82) is 0 Å². The fraction of sp³-hybridized carbons (Fsp3) is 0.150. The summed E-state index contributed by atoms with van der Waals surface area (Å²) in [6, 6.07) is 9.13. The number of halogens is 6. The summed E-state index contributed by atoms with van der Waals surface area (Å²) in [7, 11) is 0. The van der Waals surface area contributed by atoms with Crippen molar-refractivity contribution in [2.45, 2.75) is 19.5 Å². The van der Waals surface area contributed by atoms with Crippen LogP contribution in [-0.4, -0.2) is 22.2 Å². The first-order valence-electron chi connectivity index (χ1n) is 8.76. The summed E-state index contributed by atoms with van der Waals surface area (Å²) in [6.45, 7) is 1.74. The van der Waals surface area contributed by atoms with Gasteiger partial charge in [0.05, 0.1) is 5.56 Å². The minimum atomic E-state index is -5.11. The molecule has 1 N–H and O–H groups in total. The van der Waals surface area contributed by atoms with Gasteiger partial charge in [-0.1, -0.05) is 12.1 Å². The molecule has 0 unspecified atom stereocenters. The number of ether oxygens (including phenoxy) is 2. The molecule has 0 aliphatic heterocycles. The van der Waals surface area contributed by atoms with E-state index in [1.807, 2.05) is 0 Å². The maximum absolute atomic E-state index is 13.2. The summed E-state index contributed by atoms with van der Waals surface area (Å²) in [6.07, 6.45) is -8.56. The highest BCUT2D eigenvalue weighted by atomic mass is 19.4. The van der Waals surface area contributed by atoms with E-state index in [1.54, 1.807) is 25.1 Å². The van der Waals surface area contributed by atoms with Gasteiger partial charge < -0.3 is 14.8 Å². The first-order chi connectivity index (χ1) is 14.9. The van der Waals surface area contributed by atoms with Gasteiger partial charge >= 0.3 is 12.5 Å². The maximum Gasteiger partial charge on any atom is 0.574 e. The highest BCUT2D eigenvalue weighted by molar-refractivity contribution is 6.06. The number of rotatable bonds is 5. The van der Waals surface area contributed by atoms with E-state index in [2.05, 4.69) is 20.0 Å². The molecule has 1 amide bonds. The van der Waals surface area contributed by atoms with Gasteiger partial charge in [0.15, 0.2) is 5.75 Å². The molecule has 0 saturated heterocycles. The Labute approximate surface area is 176 Å². The van der Waals surface area contributed by atoms with Crippen LogP contribution in [0.2, 0.25) is 0 Å². The smallest absolute Gasteiger partial charge is 0.432 e. The van der Waals surface area contributed by atoms with Crippen LogP contribution in [-0.2, 0) is 6.18 Å². The highest BCUT2D eigenvalue weighted by Crippen LogP contribution is 2.36. The van der Waals surface area contributed by atoms with Gasteiger partial charge in [-0.2, -0.15) is 13.2 Å². The number of amides is 1. The predicted molar refractivity (Wildman–Crippen MR) is 99.4 cm³/mol. The molecular weight excluding hydrogens is 444 g/mol. The van der Waals surface area contributed by atoms with E-state index in [0.29, 0.717) is 12.3 Å². The van der Waals surface area contributed by atoms with E-state index < -0.39 is 47.1 Å². The molecule has 0 fully saturated rings. The highest BCUT2D eigenvalue weighted by Gasteiger charge is 2.35. The number of alkyl halides is 6. The Morgan fingerprint density at radius 2 is 1.72 bits per heavy atom. The third kappa shape index (κ3) is 5.86. The largest absolute Gasteiger partial charge is 0.574 e. The second kappa shape index (κ2) is 8.73. The van der Waals surface area contributed by atoms with Crippen LogP contribution in [0.3, 0.4) is 0 Å². The van der Waals surface area contributed by atoms with Crippen molar-refractivity contribution in [2.24, 2.45) is 0 Å². The molecule has 1 aromatic carbocycles. The topological polar surface area (TPSA) is 73.3 Å². The molecule has 0 atom stereocenters. The van der Waals surface area contributed by atoms with Crippen LogP contribution < -0.4 is 14.8 Å². The third-order valence-electron chi connectivity index (χ3n) is 3.85. The first kappa shape index (κ1) is 22.8. The van der Waals surface area contributed by atoms with Gasteiger partial charge in [-0.15, -0.1) is 13.2 Å². The molecule has 32 heavy (non-hydrogen) atoms. The quantitative estimate of drug-likeness (QED) is 0.494. The molecule has 0 spiro atoms. The summed E-state index contributed by atoms with van der Waals surface area (Å²) in [5, 5.41) is 2.40. The molecule has 2 heterocycles. The molecule has 0 saturated carbocycles. The van der Waals surface area contributed by atoms with E-state index in [4.69, 9.17) is 4.74 Å². The third-order valence-corrected chi connectivity index (χ3v) is 3.85. The van der Waals surface area contributed by atoms with Crippen LogP contribution in [0.1, 0.15) is 21.5 Å². The van der Waals surface area contributed by atoms with Crippen molar-refractivity contribution in [1.82, 2.24) is 9.97 Å². The Morgan fingerprint density at radius 3 is 2.38 bits per heavy atom. The fourth-order valence-electron chi connectivity index (χ4n) is 2.52. The van der Waals surface area contributed by atoms with Crippen molar-refractivity contribution in [3.63, 3.8) is 0 Å². The zero-order valence-electron chi connectivity index (χ0n) is 16.1. The molecule has 168 valence electrons. The lowest BCUT2D eigenvalue weighted by Crippen LogP contribution is -2.19. The van der Waals surface area contributed by atoms with Gasteiger partial charge in [-0.25, -0.2) is 9.97 Å². The SMILES string of the molecule is Cc1cccc(NC(=O)c2cc(C(F)(F)F)cnc2Oc2cccnc2OC(F)(F)F)c1. The molecule has 6 nitrogen and oxygen atoms in total. The van der Waals surface area contributed by atoms with Gasteiger partial charge in [0.2, 0.25) is 5.88 Å². The molecule has 12 heteroatoms. The van der Waals surface area contributed by atoms with Crippen LogP contribution in [0.25, 0.3) is 0 Å². The number of nitrogens with zero attached hydrogens (tertiary/aromatic N) is 2. The van der Waals surface area contributed by atoms with E-state index >= 15 is 0 Å². The van der Waals surface area contributed by atoms with E-state index in [1.165, 1.54) is 12.1 Å². The average molecular weight is 457 g/mol. The van der Waals surface area contributed by atoms with Gasteiger partial charge in [-0.05, 0) is 42.8 Å². The number of hydrogen-bond donors (Lipinski definition) is 1. The van der Waals surface area contributed by atoms with E-state index in [0.717, 1.165) is 17.8 Å². The lowest BCUT2D eigenvalue weighted by Gasteiger charge is -2.15. The second-order valence-electron chi connectivity index (χ2n) is 6.35. The number of aryl methyl sites for hydroxylation is 1. The minimum Gasteiger partial charge on any atom is -0.432 e. The lowest BCUT2D eigenvalue weighted by atomic mass is 10.1. The molecule has 3 rings (SSSR count). The number of pyridine rings is 2. The zero-order valence-corrected chi connectivity index (χ0v) is 16.1. The van der Waals surface area contributed by atoms with Crippen molar-refractivity contribution in [3.8, 4) is 17.5 Å². The Bertz CT molecular complexity index is 1130. The van der Waals surface area contributed by atoms with Crippen LogP contribution in [0.4, 0.5) is 32.0 Å². The number of aromatic nitrogens is 2. The van der Waals surface area contributed by atoms with Crippen LogP contribution in [0.15, 0.2) is 54.9 Å². The molecule has 0 aliphatic carbocycles. The normalized spacial score (nSPS) is 11.7. The van der Waals surface area contributed by atoms with Gasteiger partial charge in [0.1, 0.15) is 5.56 Å². The summed E-state index contributed by atoms with van der Waals surface area (Å²) in [4.78, 5) is 19.6. The Hall–Kier alpha value is -3.83. The number of carbonyl (C=O) groups is 1. The Kier molecular flexibility index (Phi) is 6.23. The van der Waals surface area contributed by atoms with Crippen molar-refractivity contribution < 1.29 is 40.6 Å². The van der Waals surface area contributed by atoms with Gasteiger partial charge in [0, 0.05) is 18.1 Å². The molecule has 3 aromatic rings. The van der Waals surface area contributed by atoms with Crippen LogP contribution >= 0.6 is 0 Å². The first-order valence-corrected chi connectivity index (χ1v) is 8.76. The van der Waals surface area contributed by atoms with Crippen molar-refractivity contribution in [3.05, 3.63) is 71.5 Å². The molecular formula is C20H13F6N3O3. The summed E-state index contributed by atoms with van der Waals surface area (Å²) >= 11 is 0. The molecule has 0 radical (unpaired) electrons. The summed E-state index contributed by atoms with van der Waals surface area (Å²) in [5.41, 5.74) is -0.869. The van der Waals surface area contributed by atoms with Gasteiger partial charge in [-0.3, -0.25) is 4.79 Å². The number of hydrogen-bond acceptors (Lipinski definition) is 5. The summed E-state index contributed by atoms with van der Waals surface area (Å²) in [5.74, 6) is -3.32. The van der Waals surface area contributed by atoms with Crippen molar-refractivity contribution in [2.75, 3.05) is 5.32 Å². The number of carbonyl (C=O) groups excluding carboxylic acids is 1. The van der Waals surface area contributed by atoms with Crippen LogP contribution in [0.5, 0.6) is 17.5 Å². The number of anilines is 1. The maximum atomic E-state index is 13.2. The zero-order chi connectivity index (χ0) is 23.5. The van der Waals surface area contributed by atoms with Crippen molar-refractivity contribution >= 4 is 11.6 Å². The lowest BCUT2D eigenvalue weighted by molar-refractivity contribution is -0.276. The average Bonchev–Trinajstić information content (AvgIpc) is 2.68. The molecule has 0 bridgehead atoms. The predicted octanol–water partition coefficient (Wildman–Crippen LogP) is 5.75. The molecule has 0 aliphatic rings. The molecule has 2 aromatic heterocycles. The monoisotopic (exact) mass is 457 g/mol. The van der Waals surface area contributed by atoms with E-state index in [-0.39, 0.29) is 5.69 Å². The number of nitrogens with one attached hydrogen (secondary N) is 1. The Morgan fingerprint density at radius 1 is 0.969 bits per heavy atom. The van der Waals surface area contributed by atoms with Gasteiger partial charge in [0.25, 0.3) is 11.8 Å². The fourth-order valence-corrected chi connectivity index (χ4v) is 2.52. The summed E-state index contributed by atoms with van der Waals surface area (Å²) < 4.78 is 86.2. The number of benzene rings is 1. The Balaban J connectivity index is 2.00. The standard InChI is InChI=1S/C20H13F6N3O3/c1-11-4-2-5-13(8-11)29-16(30)14-9-12(19(21,22)23)10-28-17(14)31-15-6-3-7-27-18(15)32-20(24,25)26/h2-10H,1H3,(H,29,30). The van der Waals surface area contributed by atoms with E-state index in [9.17, 15) is 31.1 Å².